The lowest BCUT2D eigenvalue weighted by Gasteiger charge is -2.12. The number of nitrogens with one attached hydrogen (secondary N) is 1. The Bertz CT molecular complexity index is 1590. The number of anilines is 1. The van der Waals surface area contributed by atoms with Crippen LogP contribution in [0.1, 0.15) is 16.2 Å². The molecule has 0 fully saturated rings. The smallest absolute Gasteiger partial charge is 0.434 e. The van der Waals surface area contributed by atoms with Gasteiger partial charge in [-0.05, 0) is 47.8 Å². The Morgan fingerprint density at radius 2 is 1.86 bits per heavy atom. The van der Waals surface area contributed by atoms with Gasteiger partial charge in [-0.1, -0.05) is 16.8 Å². The van der Waals surface area contributed by atoms with Crippen molar-refractivity contribution in [2.24, 2.45) is 0 Å². The van der Waals surface area contributed by atoms with Crippen molar-refractivity contribution in [2.45, 2.75) is 6.18 Å². The first-order valence-corrected chi connectivity index (χ1v) is 11.2. The van der Waals surface area contributed by atoms with Crippen molar-refractivity contribution < 1.29 is 27.1 Å². The second kappa shape index (κ2) is 9.17. The van der Waals surface area contributed by atoms with Gasteiger partial charge in [0, 0.05) is 16.8 Å². The van der Waals surface area contributed by atoms with E-state index in [9.17, 15) is 22.4 Å². The third-order valence-electron chi connectivity index (χ3n) is 4.83. The number of amides is 1. The molecule has 0 spiro atoms. The minimum atomic E-state index is -4.97. The molecule has 3 aromatic heterocycles. The van der Waals surface area contributed by atoms with Crippen LogP contribution in [0.3, 0.4) is 0 Å². The van der Waals surface area contributed by atoms with Crippen molar-refractivity contribution in [3.05, 3.63) is 82.5 Å². The lowest BCUT2D eigenvalue weighted by atomic mass is 10.2. The maximum atomic E-state index is 14.7. The van der Waals surface area contributed by atoms with E-state index < -0.39 is 29.3 Å². The van der Waals surface area contributed by atoms with Crippen LogP contribution in [0.4, 0.5) is 23.2 Å². The fourth-order valence-corrected chi connectivity index (χ4v) is 4.14. The number of hydrogen-bond donors (Lipinski definition) is 1. The molecule has 0 aliphatic heterocycles. The summed E-state index contributed by atoms with van der Waals surface area (Å²) in [6, 6.07) is 10.5. The van der Waals surface area contributed by atoms with Gasteiger partial charge in [-0.25, -0.2) is 19.0 Å². The predicted molar refractivity (Wildman–Crippen MR) is 123 cm³/mol. The predicted octanol–water partition coefficient (Wildman–Crippen LogP) is 6.13. The van der Waals surface area contributed by atoms with E-state index in [4.69, 9.17) is 16.3 Å². The minimum absolute atomic E-state index is 0.00427. The number of fused-ring (bicyclic) bond motifs is 1. The first-order chi connectivity index (χ1) is 17.2. The van der Waals surface area contributed by atoms with Crippen molar-refractivity contribution in [1.29, 1.82) is 0 Å². The summed E-state index contributed by atoms with van der Waals surface area (Å²) in [6.45, 7) is 0. The van der Waals surface area contributed by atoms with E-state index in [-0.39, 0.29) is 23.0 Å². The van der Waals surface area contributed by atoms with Gasteiger partial charge in [0.2, 0.25) is 5.88 Å². The summed E-state index contributed by atoms with van der Waals surface area (Å²) in [5.41, 5.74) is -1.88. The van der Waals surface area contributed by atoms with Crippen LogP contribution in [0, 0.1) is 5.82 Å². The van der Waals surface area contributed by atoms with Gasteiger partial charge in [-0.15, -0.1) is 16.4 Å². The molecule has 0 radical (unpaired) electrons. The van der Waals surface area contributed by atoms with Crippen molar-refractivity contribution in [3.8, 4) is 17.3 Å². The Kier molecular flexibility index (Phi) is 6.02. The lowest BCUT2D eigenvalue weighted by molar-refractivity contribution is -0.143. The average molecular weight is 535 g/mol. The SMILES string of the molecule is O=C(Nc1ccc(Oc2ncnc3ccsc23)c(F)c1)c1nnn(-c2ccc(Cl)cc2)c1C(F)(F)F. The molecule has 1 amide bonds. The van der Waals surface area contributed by atoms with Crippen LogP contribution < -0.4 is 10.1 Å². The van der Waals surface area contributed by atoms with E-state index in [1.54, 1.807) is 11.4 Å². The summed E-state index contributed by atoms with van der Waals surface area (Å²) >= 11 is 7.10. The van der Waals surface area contributed by atoms with Crippen LogP contribution in [-0.4, -0.2) is 30.9 Å². The molecular weight excluding hydrogens is 524 g/mol. The molecule has 5 aromatic rings. The quantitative estimate of drug-likeness (QED) is 0.273. The maximum absolute atomic E-state index is 14.7. The topological polar surface area (TPSA) is 94.8 Å². The second-order valence-corrected chi connectivity index (χ2v) is 8.54. The van der Waals surface area contributed by atoms with Gasteiger partial charge in [0.15, 0.2) is 23.0 Å². The highest BCUT2D eigenvalue weighted by atomic mass is 35.5. The van der Waals surface area contributed by atoms with Gasteiger partial charge < -0.3 is 10.1 Å². The molecule has 0 atom stereocenters. The molecule has 5 rings (SSSR count). The highest BCUT2D eigenvalue weighted by molar-refractivity contribution is 7.17. The molecule has 1 N–H and O–H groups in total. The first kappa shape index (κ1) is 23.6. The van der Waals surface area contributed by atoms with E-state index in [1.807, 2.05) is 0 Å². The van der Waals surface area contributed by atoms with E-state index in [0.717, 1.165) is 6.07 Å². The van der Waals surface area contributed by atoms with Gasteiger partial charge in [0.1, 0.15) is 11.0 Å². The molecule has 3 heterocycles. The molecule has 2 aromatic carbocycles. The monoisotopic (exact) mass is 534 g/mol. The van der Waals surface area contributed by atoms with Crippen molar-refractivity contribution in [1.82, 2.24) is 25.0 Å². The summed E-state index contributed by atoms with van der Waals surface area (Å²) in [6.07, 6.45) is -3.70. The molecule has 8 nitrogen and oxygen atoms in total. The summed E-state index contributed by atoms with van der Waals surface area (Å²) in [7, 11) is 0. The van der Waals surface area contributed by atoms with Crippen molar-refractivity contribution in [3.63, 3.8) is 0 Å². The van der Waals surface area contributed by atoms with Crippen LogP contribution in [0.2, 0.25) is 5.02 Å². The highest BCUT2D eigenvalue weighted by Crippen LogP contribution is 2.34. The fraction of sp³-hybridized carbons (Fsp3) is 0.0455. The van der Waals surface area contributed by atoms with Crippen LogP contribution in [0.25, 0.3) is 15.9 Å². The number of alkyl halides is 3. The first-order valence-electron chi connectivity index (χ1n) is 9.96. The van der Waals surface area contributed by atoms with E-state index in [0.29, 0.717) is 19.9 Å². The molecule has 0 bridgehead atoms. The number of halogens is 5. The highest BCUT2D eigenvalue weighted by Gasteiger charge is 2.42. The number of nitrogens with zero attached hydrogens (tertiary/aromatic N) is 5. The Morgan fingerprint density at radius 3 is 2.58 bits per heavy atom. The number of thiophene rings is 1. The van der Waals surface area contributed by atoms with Crippen molar-refractivity contribution in [2.75, 3.05) is 5.32 Å². The molecule has 0 aliphatic rings. The van der Waals surface area contributed by atoms with Gasteiger partial charge in [0.25, 0.3) is 5.91 Å². The maximum Gasteiger partial charge on any atom is 0.435 e. The zero-order chi connectivity index (χ0) is 25.4. The zero-order valence-electron chi connectivity index (χ0n) is 17.6. The van der Waals surface area contributed by atoms with E-state index in [2.05, 4.69) is 25.6 Å². The lowest BCUT2D eigenvalue weighted by Crippen LogP contribution is -2.21. The van der Waals surface area contributed by atoms with E-state index >= 15 is 0 Å². The third kappa shape index (κ3) is 4.57. The van der Waals surface area contributed by atoms with Crippen LogP contribution in [-0.2, 0) is 6.18 Å². The molecule has 0 unspecified atom stereocenters. The van der Waals surface area contributed by atoms with Gasteiger partial charge >= 0.3 is 6.18 Å². The molecule has 182 valence electrons. The van der Waals surface area contributed by atoms with Crippen LogP contribution in [0.5, 0.6) is 11.6 Å². The number of hydrogen-bond acceptors (Lipinski definition) is 7. The van der Waals surface area contributed by atoms with Crippen LogP contribution >= 0.6 is 22.9 Å². The number of benzene rings is 2. The number of carbonyl (C=O) groups is 1. The fourth-order valence-electron chi connectivity index (χ4n) is 3.25. The Hall–Kier alpha value is -4.10. The zero-order valence-corrected chi connectivity index (χ0v) is 19.2. The average Bonchev–Trinajstić information content (AvgIpc) is 3.49. The molecule has 14 heteroatoms. The minimum Gasteiger partial charge on any atom is -0.434 e. The summed E-state index contributed by atoms with van der Waals surface area (Å²) in [4.78, 5) is 20.7. The standard InChI is InChI=1S/C22H11ClF4N6O2S/c23-11-1-4-13(5-2-11)33-19(22(25,26)27)17(31-32-33)20(34)30-12-3-6-16(14(24)9-12)35-21-18-15(7-8-36-18)28-10-29-21/h1-10H,(H,30,34). The Balaban J connectivity index is 1.40. The Morgan fingerprint density at radius 1 is 1.08 bits per heavy atom. The van der Waals surface area contributed by atoms with Gasteiger partial charge in [-0.3, -0.25) is 4.79 Å². The van der Waals surface area contributed by atoms with Crippen molar-refractivity contribution >= 4 is 44.7 Å². The summed E-state index contributed by atoms with van der Waals surface area (Å²) < 4.78 is 62.8. The summed E-state index contributed by atoms with van der Waals surface area (Å²) in [5.74, 6) is -2.17. The molecule has 36 heavy (non-hydrogen) atoms. The summed E-state index contributed by atoms with van der Waals surface area (Å²) in [5, 5.41) is 11.2. The van der Waals surface area contributed by atoms with Crippen LogP contribution in [0.15, 0.2) is 60.2 Å². The molecule has 0 aliphatic carbocycles. The van der Waals surface area contributed by atoms with Gasteiger partial charge in [-0.2, -0.15) is 13.2 Å². The third-order valence-corrected chi connectivity index (χ3v) is 5.98. The van der Waals surface area contributed by atoms with Gasteiger partial charge in [0.05, 0.1) is 11.2 Å². The number of aromatic nitrogens is 5. The Labute approximate surface area is 208 Å². The second-order valence-electron chi connectivity index (χ2n) is 7.19. The number of carbonyl (C=O) groups excluding carboxylic acids is 1. The normalized spacial score (nSPS) is 11.6. The number of ether oxygens (including phenoxy) is 1. The van der Waals surface area contributed by atoms with E-state index in [1.165, 1.54) is 54.1 Å². The molecule has 0 saturated carbocycles. The molecular formula is C22H11ClF4N6O2S. The number of rotatable bonds is 5. The largest absolute Gasteiger partial charge is 0.435 e. The molecule has 0 saturated heterocycles.